The van der Waals surface area contributed by atoms with Crippen molar-refractivity contribution in [3.05, 3.63) is 41.0 Å². The van der Waals surface area contributed by atoms with Gasteiger partial charge in [0.25, 0.3) is 0 Å². The molecule has 4 atom stereocenters. The van der Waals surface area contributed by atoms with Crippen molar-refractivity contribution in [2.24, 2.45) is 16.7 Å². The zero-order chi connectivity index (χ0) is 16.5. The first-order valence-corrected chi connectivity index (χ1v) is 8.04. The number of Topliss-reactive ketones (excluding diaryl/α,β-unsaturated/α-hetero) is 1. The SMILES string of the molecule is COc1ccc([C@]2(C)C(=O)[C@]3(C)C(C)=C(C)[C@@]2(C)C3C)cc1. The Balaban J connectivity index is 2.25. The summed E-state index contributed by atoms with van der Waals surface area (Å²) in [6, 6.07) is 8.03. The molecule has 2 heteroatoms. The Bertz CT molecular complexity index is 684. The molecule has 2 aliphatic carbocycles. The second-order valence-electron chi connectivity index (χ2n) is 7.56. The van der Waals surface area contributed by atoms with E-state index in [9.17, 15) is 4.79 Å². The smallest absolute Gasteiger partial charge is 0.154 e. The van der Waals surface area contributed by atoms with E-state index in [0.29, 0.717) is 11.7 Å². The molecule has 0 aromatic heterocycles. The molecule has 3 rings (SSSR count). The number of benzene rings is 1. The summed E-state index contributed by atoms with van der Waals surface area (Å²) in [5.74, 6) is 1.51. The maximum absolute atomic E-state index is 13.5. The van der Waals surface area contributed by atoms with E-state index >= 15 is 0 Å². The lowest BCUT2D eigenvalue weighted by Crippen LogP contribution is -2.47. The summed E-state index contributed by atoms with van der Waals surface area (Å²) in [5.41, 5.74) is 2.82. The van der Waals surface area contributed by atoms with E-state index in [1.807, 2.05) is 12.1 Å². The van der Waals surface area contributed by atoms with Crippen LogP contribution >= 0.6 is 0 Å². The molecule has 0 radical (unpaired) electrons. The zero-order valence-electron chi connectivity index (χ0n) is 14.7. The van der Waals surface area contributed by atoms with Gasteiger partial charge in [-0.15, -0.1) is 0 Å². The van der Waals surface area contributed by atoms with Gasteiger partial charge in [-0.1, -0.05) is 37.1 Å². The number of allylic oxidation sites excluding steroid dienone is 2. The minimum absolute atomic E-state index is 0.127. The summed E-state index contributed by atoms with van der Waals surface area (Å²) in [7, 11) is 1.67. The molecular formula is C20H26O2. The van der Waals surface area contributed by atoms with Gasteiger partial charge in [0, 0.05) is 5.41 Å². The van der Waals surface area contributed by atoms with E-state index in [4.69, 9.17) is 4.74 Å². The third-order valence-electron chi connectivity index (χ3n) is 7.48. The van der Waals surface area contributed by atoms with E-state index in [-0.39, 0.29) is 10.8 Å². The number of hydrogen-bond acceptors (Lipinski definition) is 2. The molecule has 2 bridgehead atoms. The number of carbonyl (C=O) groups is 1. The van der Waals surface area contributed by atoms with Crippen LogP contribution in [0.1, 0.15) is 47.1 Å². The molecule has 1 fully saturated rings. The van der Waals surface area contributed by atoms with Crippen LogP contribution in [0.4, 0.5) is 0 Å². The lowest BCUT2D eigenvalue weighted by molar-refractivity contribution is -0.129. The van der Waals surface area contributed by atoms with Gasteiger partial charge in [-0.25, -0.2) is 0 Å². The highest BCUT2D eigenvalue weighted by Gasteiger charge is 2.73. The Kier molecular flexibility index (Phi) is 2.96. The third kappa shape index (κ3) is 1.31. The van der Waals surface area contributed by atoms with Crippen LogP contribution in [0, 0.1) is 16.7 Å². The largest absolute Gasteiger partial charge is 0.497 e. The molecule has 0 heterocycles. The molecule has 0 saturated heterocycles. The summed E-state index contributed by atoms with van der Waals surface area (Å²) >= 11 is 0. The number of hydrogen-bond donors (Lipinski definition) is 0. The highest BCUT2D eigenvalue weighted by atomic mass is 16.5. The average molecular weight is 298 g/mol. The number of carbonyl (C=O) groups excluding carboxylic acids is 1. The predicted molar refractivity (Wildman–Crippen MR) is 89.1 cm³/mol. The molecule has 2 aliphatic rings. The molecule has 1 aromatic rings. The first-order chi connectivity index (χ1) is 10.2. The van der Waals surface area contributed by atoms with E-state index in [1.165, 1.54) is 11.1 Å². The second kappa shape index (κ2) is 4.24. The number of rotatable bonds is 2. The summed E-state index contributed by atoms with van der Waals surface area (Å²) in [5, 5.41) is 0. The maximum atomic E-state index is 13.5. The highest BCUT2D eigenvalue weighted by molar-refractivity contribution is 6.03. The lowest BCUT2D eigenvalue weighted by atomic mass is 9.57. The van der Waals surface area contributed by atoms with Gasteiger partial charge < -0.3 is 4.74 Å². The fourth-order valence-corrected chi connectivity index (χ4v) is 5.29. The Morgan fingerprint density at radius 1 is 1.00 bits per heavy atom. The Morgan fingerprint density at radius 3 is 2.00 bits per heavy atom. The third-order valence-corrected chi connectivity index (χ3v) is 7.48. The van der Waals surface area contributed by atoms with E-state index in [1.54, 1.807) is 7.11 Å². The zero-order valence-corrected chi connectivity index (χ0v) is 14.7. The lowest BCUT2D eigenvalue weighted by Gasteiger charge is -2.44. The van der Waals surface area contributed by atoms with Gasteiger partial charge in [-0.2, -0.15) is 0 Å². The van der Waals surface area contributed by atoms with Gasteiger partial charge in [-0.05, 0) is 51.3 Å². The van der Waals surface area contributed by atoms with Gasteiger partial charge in [0.2, 0.25) is 0 Å². The average Bonchev–Trinajstić information content (AvgIpc) is 2.75. The molecule has 0 spiro atoms. The van der Waals surface area contributed by atoms with E-state index in [0.717, 1.165) is 11.3 Å². The van der Waals surface area contributed by atoms with Crippen LogP contribution in [-0.4, -0.2) is 12.9 Å². The molecule has 0 amide bonds. The van der Waals surface area contributed by atoms with Crippen molar-refractivity contribution in [3.8, 4) is 5.75 Å². The van der Waals surface area contributed by atoms with Gasteiger partial charge in [0.1, 0.15) is 5.75 Å². The highest BCUT2D eigenvalue weighted by Crippen LogP contribution is 2.72. The molecule has 1 saturated carbocycles. The predicted octanol–water partition coefficient (Wildman–Crippen LogP) is 4.53. The van der Waals surface area contributed by atoms with Crippen molar-refractivity contribution < 1.29 is 9.53 Å². The second-order valence-corrected chi connectivity index (χ2v) is 7.56. The Hall–Kier alpha value is -1.57. The number of ether oxygens (including phenoxy) is 1. The van der Waals surface area contributed by atoms with Crippen molar-refractivity contribution in [3.63, 3.8) is 0 Å². The van der Waals surface area contributed by atoms with Gasteiger partial charge in [0.05, 0.1) is 17.9 Å². The summed E-state index contributed by atoms with van der Waals surface area (Å²) < 4.78 is 5.26. The van der Waals surface area contributed by atoms with Crippen LogP contribution in [0.15, 0.2) is 35.4 Å². The quantitative estimate of drug-likeness (QED) is 0.750. The Morgan fingerprint density at radius 2 is 1.55 bits per heavy atom. The van der Waals surface area contributed by atoms with Crippen molar-refractivity contribution in [2.75, 3.05) is 7.11 Å². The normalized spacial score (nSPS) is 40.5. The topological polar surface area (TPSA) is 26.3 Å². The minimum atomic E-state index is -0.475. The van der Waals surface area contributed by atoms with Crippen LogP contribution < -0.4 is 4.74 Å². The van der Waals surface area contributed by atoms with Gasteiger partial charge >= 0.3 is 0 Å². The molecule has 1 aromatic carbocycles. The monoisotopic (exact) mass is 298 g/mol. The molecule has 118 valence electrons. The van der Waals surface area contributed by atoms with Crippen LogP contribution in [0.2, 0.25) is 0 Å². The molecule has 22 heavy (non-hydrogen) atoms. The Labute approximate surface area is 133 Å². The van der Waals surface area contributed by atoms with Gasteiger partial charge in [-0.3, -0.25) is 4.79 Å². The molecule has 0 aliphatic heterocycles. The molecular weight excluding hydrogens is 272 g/mol. The van der Waals surface area contributed by atoms with Gasteiger partial charge in [0.15, 0.2) is 5.78 Å². The first-order valence-electron chi connectivity index (χ1n) is 8.04. The van der Waals surface area contributed by atoms with Crippen molar-refractivity contribution in [2.45, 2.75) is 47.0 Å². The van der Waals surface area contributed by atoms with Crippen LogP contribution in [-0.2, 0) is 10.2 Å². The maximum Gasteiger partial charge on any atom is 0.154 e. The van der Waals surface area contributed by atoms with E-state index in [2.05, 4.69) is 53.7 Å². The fraction of sp³-hybridized carbons (Fsp3) is 0.550. The number of ketones is 1. The molecule has 1 unspecified atom stereocenters. The molecule has 0 N–H and O–H groups in total. The van der Waals surface area contributed by atoms with Crippen LogP contribution in [0.25, 0.3) is 0 Å². The first kappa shape index (κ1) is 15.3. The number of methoxy groups -OCH3 is 1. The fourth-order valence-electron chi connectivity index (χ4n) is 5.29. The molecule has 2 nitrogen and oxygen atoms in total. The standard InChI is InChI=1S/C20H26O2/c1-12-13(2)19(5)14(3)18(12,4)17(21)20(19,6)15-8-10-16(22-7)11-9-15/h8-11,14H,1-7H3/t14?,18-,19+,20-/m1/s1. The van der Waals surface area contributed by atoms with Crippen LogP contribution in [0.3, 0.4) is 0 Å². The van der Waals surface area contributed by atoms with E-state index < -0.39 is 5.41 Å². The summed E-state index contributed by atoms with van der Waals surface area (Å²) in [6.45, 7) is 13.1. The summed E-state index contributed by atoms with van der Waals surface area (Å²) in [4.78, 5) is 13.5. The van der Waals surface area contributed by atoms with Crippen LogP contribution in [0.5, 0.6) is 5.75 Å². The van der Waals surface area contributed by atoms with Crippen molar-refractivity contribution in [1.29, 1.82) is 0 Å². The number of fused-ring (bicyclic) bond motifs is 2. The van der Waals surface area contributed by atoms with Crippen molar-refractivity contribution in [1.82, 2.24) is 0 Å². The summed E-state index contributed by atoms with van der Waals surface area (Å²) in [6.07, 6.45) is 0. The van der Waals surface area contributed by atoms with Crippen molar-refractivity contribution >= 4 is 5.78 Å². The minimum Gasteiger partial charge on any atom is -0.497 e.